The fourth-order valence-electron chi connectivity index (χ4n) is 3.26. The van der Waals surface area contributed by atoms with Crippen molar-refractivity contribution in [3.63, 3.8) is 0 Å². The normalized spacial score (nSPS) is 26.3. The lowest BCUT2D eigenvalue weighted by molar-refractivity contribution is -0.126. The van der Waals surface area contributed by atoms with E-state index in [0.717, 1.165) is 24.6 Å². The molecule has 0 aromatic heterocycles. The molecule has 0 radical (unpaired) electrons. The van der Waals surface area contributed by atoms with E-state index < -0.39 is 0 Å². The third-order valence-corrected chi connectivity index (χ3v) is 5.15. The molecular formula is C20H33NO. The predicted octanol–water partition coefficient (Wildman–Crippen LogP) is 4.96. The predicted molar refractivity (Wildman–Crippen MR) is 93.6 cm³/mol. The van der Waals surface area contributed by atoms with E-state index in [-0.39, 0.29) is 5.91 Å². The molecule has 2 unspecified atom stereocenters. The number of hydrogen-bond donors (Lipinski definition) is 0. The maximum atomic E-state index is 12.4. The summed E-state index contributed by atoms with van der Waals surface area (Å²) in [6, 6.07) is 0. The fraction of sp³-hybridized carbons (Fsp3) is 0.750. The van der Waals surface area contributed by atoms with Crippen molar-refractivity contribution in [1.29, 1.82) is 0 Å². The van der Waals surface area contributed by atoms with Gasteiger partial charge in [0.15, 0.2) is 0 Å². The van der Waals surface area contributed by atoms with E-state index in [1.54, 1.807) is 0 Å². The van der Waals surface area contributed by atoms with Crippen molar-refractivity contribution in [3.8, 4) is 0 Å². The summed E-state index contributed by atoms with van der Waals surface area (Å²) in [6.45, 7) is 12.7. The first-order valence-electron chi connectivity index (χ1n) is 8.87. The molecule has 22 heavy (non-hydrogen) atoms. The van der Waals surface area contributed by atoms with Crippen LogP contribution in [0.4, 0.5) is 0 Å². The second-order valence-corrected chi connectivity index (χ2v) is 8.28. The molecule has 0 N–H and O–H groups in total. The van der Waals surface area contributed by atoms with Crippen LogP contribution in [0.25, 0.3) is 0 Å². The Kier molecular flexibility index (Phi) is 5.52. The highest BCUT2D eigenvalue weighted by atomic mass is 16.2. The largest absolute Gasteiger partial charge is 0.339 e. The smallest absolute Gasteiger partial charge is 0.246 e. The van der Waals surface area contributed by atoms with Crippen LogP contribution in [0.15, 0.2) is 23.3 Å². The van der Waals surface area contributed by atoms with E-state index in [1.165, 1.54) is 37.7 Å². The van der Waals surface area contributed by atoms with Gasteiger partial charge >= 0.3 is 0 Å². The summed E-state index contributed by atoms with van der Waals surface area (Å²) >= 11 is 0. The maximum Gasteiger partial charge on any atom is 0.246 e. The second kappa shape index (κ2) is 7.02. The first kappa shape index (κ1) is 17.3. The molecule has 124 valence electrons. The van der Waals surface area contributed by atoms with Gasteiger partial charge in [0.1, 0.15) is 0 Å². The Hall–Kier alpha value is -1.05. The van der Waals surface area contributed by atoms with Crippen LogP contribution >= 0.6 is 0 Å². The zero-order valence-corrected chi connectivity index (χ0v) is 15.1. The van der Waals surface area contributed by atoms with Gasteiger partial charge in [0, 0.05) is 19.2 Å². The molecule has 2 nitrogen and oxygen atoms in total. The van der Waals surface area contributed by atoms with Crippen molar-refractivity contribution in [2.24, 2.45) is 17.3 Å². The highest BCUT2D eigenvalue weighted by molar-refractivity contribution is 5.88. The van der Waals surface area contributed by atoms with Gasteiger partial charge in [-0.05, 0) is 77.0 Å². The van der Waals surface area contributed by atoms with Gasteiger partial charge < -0.3 is 4.90 Å². The van der Waals surface area contributed by atoms with E-state index in [0.29, 0.717) is 11.3 Å². The van der Waals surface area contributed by atoms with E-state index in [9.17, 15) is 4.79 Å². The first-order valence-corrected chi connectivity index (χ1v) is 8.87. The van der Waals surface area contributed by atoms with E-state index >= 15 is 0 Å². The minimum Gasteiger partial charge on any atom is -0.339 e. The number of nitrogens with zero attached hydrogens (tertiary/aromatic N) is 1. The summed E-state index contributed by atoms with van der Waals surface area (Å²) in [4.78, 5) is 14.6. The molecule has 0 aliphatic heterocycles. The summed E-state index contributed by atoms with van der Waals surface area (Å²) in [7, 11) is 0. The second-order valence-electron chi connectivity index (χ2n) is 8.28. The Morgan fingerprint density at radius 3 is 2.36 bits per heavy atom. The molecule has 2 atom stereocenters. The lowest BCUT2D eigenvalue weighted by atomic mass is 9.98. The molecule has 0 heterocycles. The standard InChI is InChI=1S/C20H33NO/c1-15(2)7-6-10-20(5)12-18(20)14-21(13-17-8-9-17)19(22)11-16(3)4/h7,11,17-18H,6,8-10,12-14H2,1-5H3. The van der Waals surface area contributed by atoms with E-state index in [2.05, 4.69) is 31.7 Å². The van der Waals surface area contributed by atoms with Crippen LogP contribution in [0, 0.1) is 17.3 Å². The molecular weight excluding hydrogens is 270 g/mol. The molecule has 0 aromatic carbocycles. The molecule has 2 aliphatic rings. The highest BCUT2D eigenvalue weighted by Gasteiger charge is 2.50. The topological polar surface area (TPSA) is 20.3 Å². The summed E-state index contributed by atoms with van der Waals surface area (Å²) in [5.41, 5.74) is 2.97. The quantitative estimate of drug-likeness (QED) is 0.458. The third-order valence-electron chi connectivity index (χ3n) is 5.15. The molecule has 2 fully saturated rings. The van der Waals surface area contributed by atoms with Crippen LogP contribution in [0.1, 0.15) is 66.7 Å². The van der Waals surface area contributed by atoms with Crippen LogP contribution in [0.5, 0.6) is 0 Å². The number of hydrogen-bond acceptors (Lipinski definition) is 1. The van der Waals surface area contributed by atoms with Crippen molar-refractivity contribution < 1.29 is 4.79 Å². The number of carbonyl (C=O) groups is 1. The average Bonchev–Trinajstić information content (AvgIpc) is 3.28. The average molecular weight is 303 g/mol. The van der Waals surface area contributed by atoms with Gasteiger partial charge in [0.05, 0.1) is 0 Å². The van der Waals surface area contributed by atoms with Crippen LogP contribution in [0.2, 0.25) is 0 Å². The van der Waals surface area contributed by atoms with Gasteiger partial charge in [-0.15, -0.1) is 0 Å². The molecule has 0 aromatic rings. The number of allylic oxidation sites excluding steroid dienone is 3. The Morgan fingerprint density at radius 2 is 1.82 bits per heavy atom. The van der Waals surface area contributed by atoms with Crippen molar-refractivity contribution in [3.05, 3.63) is 23.3 Å². The SMILES string of the molecule is CC(C)=CCCC1(C)CC1CN(CC1CC1)C(=O)C=C(C)C. The van der Waals surface area contributed by atoms with Crippen LogP contribution in [0.3, 0.4) is 0 Å². The van der Waals surface area contributed by atoms with Gasteiger partial charge in [0.2, 0.25) is 5.91 Å². The van der Waals surface area contributed by atoms with Gasteiger partial charge in [-0.2, -0.15) is 0 Å². The lowest BCUT2D eigenvalue weighted by Gasteiger charge is -2.23. The van der Waals surface area contributed by atoms with E-state index in [4.69, 9.17) is 0 Å². The zero-order chi connectivity index (χ0) is 16.3. The molecule has 2 aliphatic carbocycles. The fourth-order valence-corrected chi connectivity index (χ4v) is 3.26. The Labute approximate surface area is 136 Å². The highest BCUT2D eigenvalue weighted by Crippen LogP contribution is 2.56. The van der Waals surface area contributed by atoms with Crippen molar-refractivity contribution >= 4 is 5.91 Å². The Morgan fingerprint density at radius 1 is 1.14 bits per heavy atom. The van der Waals surface area contributed by atoms with Crippen LogP contribution in [-0.4, -0.2) is 23.9 Å². The Bertz CT molecular complexity index is 464. The zero-order valence-electron chi connectivity index (χ0n) is 15.1. The van der Waals surface area contributed by atoms with Gasteiger partial charge in [-0.25, -0.2) is 0 Å². The summed E-state index contributed by atoms with van der Waals surface area (Å²) in [5, 5.41) is 0. The molecule has 0 saturated heterocycles. The molecule has 2 rings (SSSR count). The van der Waals surface area contributed by atoms with Gasteiger partial charge in [-0.1, -0.05) is 24.1 Å². The lowest BCUT2D eigenvalue weighted by Crippen LogP contribution is -2.34. The molecule has 1 amide bonds. The number of carbonyl (C=O) groups excluding carboxylic acids is 1. The van der Waals surface area contributed by atoms with Crippen molar-refractivity contribution in [2.45, 2.75) is 66.7 Å². The molecule has 0 bridgehead atoms. The maximum absolute atomic E-state index is 12.4. The number of amides is 1. The minimum absolute atomic E-state index is 0.227. The summed E-state index contributed by atoms with van der Waals surface area (Å²) in [5.74, 6) is 1.70. The van der Waals surface area contributed by atoms with Crippen LogP contribution < -0.4 is 0 Å². The Balaban J connectivity index is 1.87. The number of rotatable bonds is 8. The molecule has 2 heteroatoms. The van der Waals surface area contributed by atoms with Crippen molar-refractivity contribution in [1.82, 2.24) is 4.90 Å². The molecule has 2 saturated carbocycles. The molecule has 0 spiro atoms. The minimum atomic E-state index is 0.227. The summed E-state index contributed by atoms with van der Waals surface area (Å²) in [6.07, 6.45) is 10.5. The third kappa shape index (κ3) is 5.30. The summed E-state index contributed by atoms with van der Waals surface area (Å²) < 4.78 is 0. The first-order chi connectivity index (χ1) is 10.3. The van der Waals surface area contributed by atoms with E-state index in [1.807, 2.05) is 19.9 Å². The monoisotopic (exact) mass is 303 g/mol. The van der Waals surface area contributed by atoms with Gasteiger partial charge in [-0.3, -0.25) is 4.79 Å². The van der Waals surface area contributed by atoms with Gasteiger partial charge in [0.25, 0.3) is 0 Å². The van der Waals surface area contributed by atoms with Crippen molar-refractivity contribution in [2.75, 3.05) is 13.1 Å². The van der Waals surface area contributed by atoms with Crippen LogP contribution in [-0.2, 0) is 4.79 Å².